The second-order valence-electron chi connectivity index (χ2n) is 6.96. The number of nitrogens with one attached hydrogen (secondary N) is 1. The van der Waals surface area contributed by atoms with Gasteiger partial charge in [-0.25, -0.2) is 9.48 Å². The third-order valence-corrected chi connectivity index (χ3v) is 5.00. The summed E-state index contributed by atoms with van der Waals surface area (Å²) in [6, 6.07) is 13.5. The Morgan fingerprint density at radius 3 is 2.55 bits per heavy atom. The lowest BCUT2D eigenvalue weighted by molar-refractivity contribution is 0.200. The molecule has 146 valence electrons. The maximum Gasteiger partial charge on any atom is 0.321 e. The molecule has 1 aliphatic heterocycles. The monoisotopic (exact) mass is 387 g/mol. The van der Waals surface area contributed by atoms with E-state index in [1.54, 1.807) is 23.3 Å². The van der Waals surface area contributed by atoms with Crippen LogP contribution in [-0.4, -0.2) is 51.4 Å². The van der Waals surface area contributed by atoms with Gasteiger partial charge >= 0.3 is 6.03 Å². The Morgan fingerprint density at radius 2 is 1.90 bits per heavy atom. The number of hydrogen-bond donors (Lipinski definition) is 1. The number of carbonyl (C=O) groups excluding carboxylic acids is 1. The number of urea groups is 1. The number of pyridine rings is 1. The molecule has 1 N–H and O–H groups in total. The van der Waals surface area contributed by atoms with Gasteiger partial charge in [0.25, 0.3) is 0 Å². The number of amides is 2. The van der Waals surface area contributed by atoms with Crippen molar-refractivity contribution in [2.75, 3.05) is 29.9 Å². The van der Waals surface area contributed by atoms with Crippen molar-refractivity contribution in [3.05, 3.63) is 66.7 Å². The molecule has 29 heavy (non-hydrogen) atoms. The first-order valence-corrected chi connectivity index (χ1v) is 9.42. The van der Waals surface area contributed by atoms with Crippen molar-refractivity contribution in [2.45, 2.75) is 13.0 Å². The second kappa shape index (κ2) is 8.02. The van der Waals surface area contributed by atoms with Crippen LogP contribution in [0.2, 0.25) is 0 Å². The first-order chi connectivity index (χ1) is 14.1. The summed E-state index contributed by atoms with van der Waals surface area (Å²) >= 11 is 0. The van der Waals surface area contributed by atoms with E-state index in [1.807, 2.05) is 41.3 Å². The minimum Gasteiger partial charge on any atom is -0.365 e. The van der Waals surface area contributed by atoms with Crippen molar-refractivity contribution in [3.8, 4) is 11.8 Å². The molecular weight excluding hydrogens is 366 g/mol. The summed E-state index contributed by atoms with van der Waals surface area (Å²) in [7, 11) is 0. The summed E-state index contributed by atoms with van der Waals surface area (Å²) in [5.41, 5.74) is 3.17. The molecular formula is C21H21N7O. The van der Waals surface area contributed by atoms with Crippen LogP contribution < -0.4 is 10.2 Å². The first-order valence-electron chi connectivity index (χ1n) is 9.42. The molecule has 0 spiro atoms. The summed E-state index contributed by atoms with van der Waals surface area (Å²) in [4.78, 5) is 20.9. The van der Waals surface area contributed by atoms with Gasteiger partial charge in [0.05, 0.1) is 17.4 Å². The van der Waals surface area contributed by atoms with Gasteiger partial charge in [-0.2, -0.15) is 10.4 Å². The van der Waals surface area contributed by atoms with E-state index in [-0.39, 0.29) is 12.1 Å². The zero-order valence-corrected chi connectivity index (χ0v) is 16.1. The SMILES string of the molecule is CC1CN(C(=O)Nc2ccc(-n3cc(C#N)cn3)cc2)CCN1c1ccncc1. The van der Waals surface area contributed by atoms with E-state index in [4.69, 9.17) is 5.26 Å². The van der Waals surface area contributed by atoms with Crippen molar-refractivity contribution in [3.63, 3.8) is 0 Å². The molecule has 1 aliphatic rings. The average Bonchev–Trinajstić information content (AvgIpc) is 3.24. The summed E-state index contributed by atoms with van der Waals surface area (Å²) in [6.45, 7) is 4.20. The largest absolute Gasteiger partial charge is 0.365 e. The van der Waals surface area contributed by atoms with Gasteiger partial charge in [-0.3, -0.25) is 4.98 Å². The molecule has 3 heterocycles. The van der Waals surface area contributed by atoms with Gasteiger partial charge in [0.2, 0.25) is 0 Å². The van der Waals surface area contributed by atoms with E-state index in [0.29, 0.717) is 18.7 Å². The number of piperazine rings is 1. The van der Waals surface area contributed by atoms with Crippen LogP contribution in [0, 0.1) is 11.3 Å². The quantitative estimate of drug-likeness (QED) is 0.746. The van der Waals surface area contributed by atoms with Crippen LogP contribution in [0.25, 0.3) is 5.69 Å². The molecule has 0 radical (unpaired) electrons. The predicted octanol–water partition coefficient (Wildman–Crippen LogP) is 2.88. The fourth-order valence-corrected chi connectivity index (χ4v) is 3.48. The number of rotatable bonds is 3. The topological polar surface area (TPSA) is 90.1 Å². The zero-order valence-electron chi connectivity index (χ0n) is 16.1. The molecule has 1 fully saturated rings. The minimum absolute atomic E-state index is 0.107. The first kappa shape index (κ1) is 18.5. The molecule has 1 atom stereocenters. The van der Waals surface area contributed by atoms with E-state index >= 15 is 0 Å². The highest BCUT2D eigenvalue weighted by Crippen LogP contribution is 2.20. The van der Waals surface area contributed by atoms with Gasteiger partial charge < -0.3 is 15.1 Å². The highest BCUT2D eigenvalue weighted by Gasteiger charge is 2.26. The molecule has 8 heteroatoms. The van der Waals surface area contributed by atoms with Crippen molar-refractivity contribution in [1.82, 2.24) is 19.7 Å². The van der Waals surface area contributed by atoms with Gasteiger partial charge in [0.15, 0.2) is 0 Å². The molecule has 3 aromatic rings. The number of hydrogen-bond acceptors (Lipinski definition) is 5. The fourth-order valence-electron chi connectivity index (χ4n) is 3.48. The summed E-state index contributed by atoms with van der Waals surface area (Å²) in [5.74, 6) is 0. The van der Waals surface area contributed by atoms with Crippen LogP contribution >= 0.6 is 0 Å². The molecule has 2 aromatic heterocycles. The Labute approximate surface area is 169 Å². The van der Waals surface area contributed by atoms with Crippen molar-refractivity contribution < 1.29 is 4.79 Å². The lowest BCUT2D eigenvalue weighted by Crippen LogP contribution is -2.54. The maximum atomic E-state index is 12.7. The van der Waals surface area contributed by atoms with Crippen LogP contribution in [-0.2, 0) is 0 Å². The molecule has 0 saturated carbocycles. The molecule has 1 aromatic carbocycles. The molecule has 1 saturated heterocycles. The Morgan fingerprint density at radius 1 is 1.14 bits per heavy atom. The Bertz CT molecular complexity index is 1020. The normalized spacial score (nSPS) is 16.3. The van der Waals surface area contributed by atoms with Crippen LogP contribution in [0.1, 0.15) is 12.5 Å². The fraction of sp³-hybridized carbons (Fsp3) is 0.238. The lowest BCUT2D eigenvalue weighted by Gasteiger charge is -2.41. The second-order valence-corrected chi connectivity index (χ2v) is 6.96. The Balaban J connectivity index is 1.37. The molecule has 0 bridgehead atoms. The van der Waals surface area contributed by atoms with Crippen LogP contribution in [0.4, 0.5) is 16.2 Å². The molecule has 1 unspecified atom stereocenters. The van der Waals surface area contributed by atoms with Crippen molar-refractivity contribution in [1.29, 1.82) is 5.26 Å². The number of nitriles is 1. The zero-order chi connectivity index (χ0) is 20.2. The third-order valence-electron chi connectivity index (χ3n) is 5.00. The van der Waals surface area contributed by atoms with E-state index in [2.05, 4.69) is 33.3 Å². The number of aromatic nitrogens is 3. The minimum atomic E-state index is -0.107. The number of anilines is 2. The predicted molar refractivity (Wildman–Crippen MR) is 110 cm³/mol. The molecule has 2 amide bonds. The highest BCUT2D eigenvalue weighted by molar-refractivity contribution is 5.89. The summed E-state index contributed by atoms with van der Waals surface area (Å²) in [5, 5.41) is 16.0. The molecule has 0 aliphatic carbocycles. The van der Waals surface area contributed by atoms with Crippen LogP contribution in [0.5, 0.6) is 0 Å². The number of benzene rings is 1. The van der Waals surface area contributed by atoms with Gasteiger partial charge in [-0.1, -0.05) is 0 Å². The van der Waals surface area contributed by atoms with E-state index in [1.165, 1.54) is 6.20 Å². The molecule has 8 nitrogen and oxygen atoms in total. The Kier molecular flexibility index (Phi) is 5.12. The van der Waals surface area contributed by atoms with Crippen molar-refractivity contribution >= 4 is 17.4 Å². The lowest BCUT2D eigenvalue weighted by atomic mass is 10.1. The maximum absolute atomic E-state index is 12.7. The standard InChI is InChI=1S/C21H21N7O/c1-16-14-26(10-11-27(16)19-6-8-23-9-7-19)21(29)25-18-2-4-20(5-3-18)28-15-17(12-22)13-24-28/h2-9,13,15-16H,10-11,14H2,1H3,(H,25,29). The van der Waals surface area contributed by atoms with Gasteiger partial charge in [0.1, 0.15) is 6.07 Å². The van der Waals surface area contributed by atoms with E-state index < -0.39 is 0 Å². The summed E-state index contributed by atoms with van der Waals surface area (Å²) < 4.78 is 1.63. The third kappa shape index (κ3) is 4.04. The smallest absolute Gasteiger partial charge is 0.321 e. The highest BCUT2D eigenvalue weighted by atomic mass is 16.2. The Hall–Kier alpha value is -3.86. The van der Waals surface area contributed by atoms with Crippen molar-refractivity contribution in [2.24, 2.45) is 0 Å². The van der Waals surface area contributed by atoms with Gasteiger partial charge in [-0.15, -0.1) is 0 Å². The van der Waals surface area contributed by atoms with Crippen LogP contribution in [0.3, 0.4) is 0 Å². The number of nitrogens with zero attached hydrogens (tertiary/aromatic N) is 6. The van der Waals surface area contributed by atoms with Gasteiger partial charge in [0, 0.05) is 55.6 Å². The van der Waals surface area contributed by atoms with Gasteiger partial charge in [-0.05, 0) is 43.3 Å². The van der Waals surface area contributed by atoms with E-state index in [0.717, 1.165) is 23.6 Å². The van der Waals surface area contributed by atoms with Crippen LogP contribution in [0.15, 0.2) is 61.2 Å². The average molecular weight is 387 g/mol. The molecule has 4 rings (SSSR count). The van der Waals surface area contributed by atoms with E-state index in [9.17, 15) is 4.79 Å². The number of carbonyl (C=O) groups is 1. The summed E-state index contributed by atoms with van der Waals surface area (Å²) in [6.07, 6.45) is 6.75.